The van der Waals surface area contributed by atoms with E-state index < -0.39 is 0 Å². The second-order valence-corrected chi connectivity index (χ2v) is 5.08. The zero-order valence-electron chi connectivity index (χ0n) is 12.3. The van der Waals surface area contributed by atoms with Crippen LogP contribution in [0, 0.1) is 5.92 Å². The van der Waals surface area contributed by atoms with Crippen LogP contribution in [0.5, 0.6) is 5.75 Å². The highest BCUT2D eigenvalue weighted by Gasteiger charge is 2.20. The van der Waals surface area contributed by atoms with Crippen molar-refractivity contribution in [3.63, 3.8) is 0 Å². The van der Waals surface area contributed by atoms with Gasteiger partial charge in [0.05, 0.1) is 6.54 Å². The Bertz CT molecular complexity index is 401. The number of hydrogen-bond donors (Lipinski definition) is 2. The molecule has 0 heterocycles. The molecule has 110 valence electrons. The van der Waals surface area contributed by atoms with E-state index in [1.807, 2.05) is 30.3 Å². The molecule has 1 saturated carbocycles. The van der Waals surface area contributed by atoms with Crippen LogP contribution in [0.2, 0.25) is 0 Å². The van der Waals surface area contributed by atoms with Crippen LogP contribution in [0.3, 0.4) is 0 Å². The summed E-state index contributed by atoms with van der Waals surface area (Å²) in [5, 5.41) is 6.56. The van der Waals surface area contributed by atoms with Gasteiger partial charge in [0.2, 0.25) is 0 Å². The molecule has 1 aliphatic carbocycles. The average Bonchev–Trinajstić information content (AvgIpc) is 3.29. The molecule has 1 fully saturated rings. The molecule has 0 radical (unpaired) electrons. The summed E-state index contributed by atoms with van der Waals surface area (Å²) in [5.41, 5.74) is 0. The van der Waals surface area contributed by atoms with Crippen molar-refractivity contribution < 1.29 is 4.74 Å². The molecular weight excluding hydrogens is 250 g/mol. The minimum Gasteiger partial charge on any atom is -0.492 e. The maximum absolute atomic E-state index is 5.64. The van der Waals surface area contributed by atoms with E-state index in [9.17, 15) is 0 Å². The van der Waals surface area contributed by atoms with Crippen molar-refractivity contribution >= 4 is 5.96 Å². The second kappa shape index (κ2) is 8.46. The Morgan fingerprint density at radius 1 is 1.25 bits per heavy atom. The van der Waals surface area contributed by atoms with E-state index in [2.05, 4.69) is 22.5 Å². The Morgan fingerprint density at radius 2 is 2.05 bits per heavy atom. The maximum Gasteiger partial charge on any atom is 0.191 e. The van der Waals surface area contributed by atoms with Gasteiger partial charge in [-0.2, -0.15) is 0 Å². The summed E-state index contributed by atoms with van der Waals surface area (Å²) in [7, 11) is 0. The molecule has 1 aromatic carbocycles. The highest BCUT2D eigenvalue weighted by Crippen LogP contribution is 2.32. The molecule has 0 atom stereocenters. The lowest BCUT2D eigenvalue weighted by Gasteiger charge is -2.12. The Morgan fingerprint density at radius 3 is 2.75 bits per heavy atom. The van der Waals surface area contributed by atoms with E-state index in [0.717, 1.165) is 37.3 Å². The third-order valence-corrected chi connectivity index (χ3v) is 3.25. The predicted octanol–water partition coefficient (Wildman–Crippen LogP) is 2.42. The molecule has 0 spiro atoms. The average molecular weight is 275 g/mol. The largest absolute Gasteiger partial charge is 0.492 e. The summed E-state index contributed by atoms with van der Waals surface area (Å²) in [6.07, 6.45) is 4.01. The number of nitrogens with one attached hydrogen (secondary N) is 2. The van der Waals surface area contributed by atoms with Crippen LogP contribution in [0.25, 0.3) is 0 Å². The quantitative estimate of drug-likeness (QED) is 0.435. The monoisotopic (exact) mass is 275 g/mol. The maximum atomic E-state index is 5.64. The van der Waals surface area contributed by atoms with Gasteiger partial charge in [0.1, 0.15) is 12.4 Å². The van der Waals surface area contributed by atoms with Gasteiger partial charge in [-0.3, -0.25) is 4.99 Å². The fraction of sp³-hybridized carbons (Fsp3) is 0.562. The Balaban J connectivity index is 1.63. The third-order valence-electron chi connectivity index (χ3n) is 3.25. The van der Waals surface area contributed by atoms with Gasteiger partial charge in [0, 0.05) is 13.1 Å². The fourth-order valence-electron chi connectivity index (χ4n) is 1.96. The van der Waals surface area contributed by atoms with Crippen LogP contribution < -0.4 is 15.4 Å². The van der Waals surface area contributed by atoms with Crippen LogP contribution in [0.1, 0.15) is 26.2 Å². The highest BCUT2D eigenvalue weighted by molar-refractivity contribution is 5.79. The Kier molecular flexibility index (Phi) is 6.21. The first-order chi connectivity index (χ1) is 9.88. The van der Waals surface area contributed by atoms with Gasteiger partial charge in [-0.05, 0) is 31.4 Å². The summed E-state index contributed by atoms with van der Waals surface area (Å²) < 4.78 is 5.64. The molecule has 0 unspecified atom stereocenters. The lowest BCUT2D eigenvalue weighted by Crippen LogP contribution is -2.39. The number of guanidine groups is 1. The SMILES string of the molecule is CCNC(=NCCC1CC1)NCCOc1ccccc1. The van der Waals surface area contributed by atoms with Crippen LogP contribution in [0.15, 0.2) is 35.3 Å². The molecule has 1 aliphatic rings. The molecular formula is C16H25N3O. The van der Waals surface area contributed by atoms with E-state index in [0.29, 0.717) is 6.61 Å². The normalized spacial score (nSPS) is 14.9. The topological polar surface area (TPSA) is 45.7 Å². The summed E-state index contributed by atoms with van der Waals surface area (Å²) >= 11 is 0. The lowest BCUT2D eigenvalue weighted by atomic mass is 10.3. The molecule has 4 nitrogen and oxygen atoms in total. The van der Waals surface area contributed by atoms with Crippen LogP contribution >= 0.6 is 0 Å². The van der Waals surface area contributed by atoms with Crippen LogP contribution in [0.4, 0.5) is 0 Å². The zero-order valence-corrected chi connectivity index (χ0v) is 12.3. The van der Waals surface area contributed by atoms with E-state index >= 15 is 0 Å². The van der Waals surface area contributed by atoms with Crippen molar-refractivity contribution in [2.45, 2.75) is 26.2 Å². The van der Waals surface area contributed by atoms with Crippen molar-refractivity contribution in [2.75, 3.05) is 26.2 Å². The molecule has 0 saturated heterocycles. The third kappa shape index (κ3) is 5.95. The van der Waals surface area contributed by atoms with Gasteiger partial charge in [-0.1, -0.05) is 31.0 Å². The molecule has 0 bridgehead atoms. The zero-order chi connectivity index (χ0) is 14.0. The molecule has 20 heavy (non-hydrogen) atoms. The van der Waals surface area contributed by atoms with Gasteiger partial charge < -0.3 is 15.4 Å². The summed E-state index contributed by atoms with van der Waals surface area (Å²) in [4.78, 5) is 4.58. The van der Waals surface area contributed by atoms with Crippen molar-refractivity contribution in [1.29, 1.82) is 0 Å². The molecule has 0 aliphatic heterocycles. The summed E-state index contributed by atoms with van der Waals surface area (Å²) in [6.45, 7) is 5.27. The number of para-hydroxylation sites is 1. The van der Waals surface area contributed by atoms with Crippen LogP contribution in [-0.4, -0.2) is 32.2 Å². The number of nitrogens with zero attached hydrogens (tertiary/aromatic N) is 1. The van der Waals surface area contributed by atoms with E-state index in [4.69, 9.17) is 4.74 Å². The Hall–Kier alpha value is -1.71. The van der Waals surface area contributed by atoms with Crippen molar-refractivity contribution in [3.8, 4) is 5.75 Å². The van der Waals surface area contributed by atoms with Crippen molar-refractivity contribution in [2.24, 2.45) is 10.9 Å². The molecule has 0 amide bonds. The first-order valence-electron chi connectivity index (χ1n) is 7.58. The lowest BCUT2D eigenvalue weighted by molar-refractivity contribution is 0.322. The number of hydrogen-bond acceptors (Lipinski definition) is 2. The molecule has 1 aromatic rings. The van der Waals surface area contributed by atoms with Gasteiger partial charge in [-0.15, -0.1) is 0 Å². The standard InChI is InChI=1S/C16H25N3O/c1-2-17-16(18-11-10-14-8-9-14)19-12-13-20-15-6-4-3-5-7-15/h3-7,14H,2,8-13H2,1H3,(H2,17,18,19). The number of ether oxygens (including phenoxy) is 1. The minimum absolute atomic E-state index is 0.636. The molecule has 2 N–H and O–H groups in total. The minimum atomic E-state index is 0.636. The van der Waals surface area contributed by atoms with Gasteiger partial charge in [-0.25, -0.2) is 0 Å². The van der Waals surface area contributed by atoms with Crippen molar-refractivity contribution in [3.05, 3.63) is 30.3 Å². The first kappa shape index (κ1) is 14.7. The number of benzene rings is 1. The van der Waals surface area contributed by atoms with Crippen molar-refractivity contribution in [1.82, 2.24) is 10.6 Å². The summed E-state index contributed by atoms with van der Waals surface area (Å²) in [6, 6.07) is 9.88. The van der Waals surface area contributed by atoms with Crippen LogP contribution in [-0.2, 0) is 0 Å². The van der Waals surface area contributed by atoms with Gasteiger partial charge >= 0.3 is 0 Å². The predicted molar refractivity (Wildman–Crippen MR) is 83.3 cm³/mol. The molecule has 0 aromatic heterocycles. The molecule has 2 rings (SSSR count). The smallest absolute Gasteiger partial charge is 0.191 e. The summed E-state index contributed by atoms with van der Waals surface area (Å²) in [5.74, 6) is 2.73. The van der Waals surface area contributed by atoms with Gasteiger partial charge in [0.25, 0.3) is 0 Å². The highest BCUT2D eigenvalue weighted by atomic mass is 16.5. The Labute approximate surface area is 121 Å². The van der Waals surface area contributed by atoms with E-state index in [1.54, 1.807) is 0 Å². The fourth-order valence-corrected chi connectivity index (χ4v) is 1.96. The second-order valence-electron chi connectivity index (χ2n) is 5.08. The van der Waals surface area contributed by atoms with E-state index in [1.165, 1.54) is 19.3 Å². The first-order valence-corrected chi connectivity index (χ1v) is 7.58. The van der Waals surface area contributed by atoms with Gasteiger partial charge in [0.15, 0.2) is 5.96 Å². The number of aliphatic imine (C=N–C) groups is 1. The van der Waals surface area contributed by atoms with E-state index in [-0.39, 0.29) is 0 Å². The molecule has 4 heteroatoms. The number of rotatable bonds is 8.